The van der Waals surface area contributed by atoms with E-state index < -0.39 is 0 Å². The predicted octanol–water partition coefficient (Wildman–Crippen LogP) is 3.18. The summed E-state index contributed by atoms with van der Waals surface area (Å²) in [5.41, 5.74) is 1.78. The Bertz CT molecular complexity index is 596. The van der Waals surface area contributed by atoms with Crippen LogP contribution in [0, 0.1) is 11.8 Å². The minimum Gasteiger partial charge on any atom is -0.341 e. The minimum atomic E-state index is -0.00342. The van der Waals surface area contributed by atoms with Gasteiger partial charge in [-0.2, -0.15) is 0 Å². The molecule has 2 rings (SSSR count). The SMILES string of the molecule is CCNCC1CCN(C(=O)c2ccc(CN(C)C(=O)C(C)C)cc2)CC1.Cl. The van der Waals surface area contributed by atoms with Crippen molar-refractivity contribution in [3.8, 4) is 0 Å². The van der Waals surface area contributed by atoms with Crippen molar-refractivity contribution in [2.45, 2.75) is 40.2 Å². The Morgan fingerprint density at radius 1 is 1.19 bits per heavy atom. The van der Waals surface area contributed by atoms with Crippen LogP contribution in [0.2, 0.25) is 0 Å². The van der Waals surface area contributed by atoms with Gasteiger partial charge in [-0.1, -0.05) is 32.9 Å². The van der Waals surface area contributed by atoms with Gasteiger partial charge in [0, 0.05) is 38.2 Å². The van der Waals surface area contributed by atoms with Crippen LogP contribution in [0.5, 0.6) is 0 Å². The molecule has 1 N–H and O–H groups in total. The quantitative estimate of drug-likeness (QED) is 0.771. The van der Waals surface area contributed by atoms with E-state index in [1.54, 1.807) is 4.90 Å². The fourth-order valence-corrected chi connectivity index (χ4v) is 3.42. The van der Waals surface area contributed by atoms with Crippen molar-refractivity contribution < 1.29 is 9.59 Å². The largest absolute Gasteiger partial charge is 0.341 e. The lowest BCUT2D eigenvalue weighted by Crippen LogP contribution is -2.40. The number of likely N-dealkylation sites (tertiary alicyclic amines) is 1. The molecule has 1 aliphatic heterocycles. The van der Waals surface area contributed by atoms with Crippen LogP contribution in [0.3, 0.4) is 0 Å². The molecule has 5 nitrogen and oxygen atoms in total. The smallest absolute Gasteiger partial charge is 0.253 e. The van der Waals surface area contributed by atoms with E-state index in [2.05, 4.69) is 12.2 Å². The van der Waals surface area contributed by atoms with Crippen LogP contribution in [0.1, 0.15) is 49.5 Å². The first-order chi connectivity index (χ1) is 12.4. The molecule has 0 saturated carbocycles. The molecule has 0 bridgehead atoms. The number of carbonyl (C=O) groups is 2. The summed E-state index contributed by atoms with van der Waals surface area (Å²) in [6.45, 7) is 10.2. The van der Waals surface area contributed by atoms with Crippen molar-refractivity contribution in [3.63, 3.8) is 0 Å². The van der Waals surface area contributed by atoms with Gasteiger partial charge in [-0.3, -0.25) is 9.59 Å². The van der Waals surface area contributed by atoms with Gasteiger partial charge in [0.05, 0.1) is 0 Å². The first-order valence-electron chi connectivity index (χ1n) is 9.76. The van der Waals surface area contributed by atoms with E-state index in [9.17, 15) is 9.59 Å². The second-order valence-corrected chi connectivity index (χ2v) is 7.59. The zero-order chi connectivity index (χ0) is 19.1. The molecule has 0 aliphatic carbocycles. The molecule has 1 fully saturated rings. The Hall–Kier alpha value is -1.59. The first kappa shape index (κ1) is 23.4. The summed E-state index contributed by atoms with van der Waals surface area (Å²) in [6.07, 6.45) is 2.14. The second kappa shape index (κ2) is 11.3. The summed E-state index contributed by atoms with van der Waals surface area (Å²) in [5.74, 6) is 0.919. The molecule has 1 heterocycles. The molecule has 2 amide bonds. The lowest BCUT2D eigenvalue weighted by atomic mass is 9.96. The zero-order valence-electron chi connectivity index (χ0n) is 17.0. The van der Waals surface area contributed by atoms with Gasteiger partial charge in [0.15, 0.2) is 0 Å². The van der Waals surface area contributed by atoms with Crippen molar-refractivity contribution in [1.29, 1.82) is 0 Å². The number of carbonyl (C=O) groups excluding carboxylic acids is 2. The number of halogens is 1. The number of piperidine rings is 1. The van der Waals surface area contributed by atoms with Crippen molar-refractivity contribution in [3.05, 3.63) is 35.4 Å². The maximum Gasteiger partial charge on any atom is 0.253 e. The predicted molar refractivity (Wildman–Crippen MR) is 112 cm³/mol. The molecule has 6 heteroatoms. The van der Waals surface area contributed by atoms with Gasteiger partial charge in [0.25, 0.3) is 5.91 Å². The topological polar surface area (TPSA) is 52.7 Å². The molecule has 27 heavy (non-hydrogen) atoms. The highest BCUT2D eigenvalue weighted by atomic mass is 35.5. The number of benzene rings is 1. The van der Waals surface area contributed by atoms with Crippen LogP contribution in [0.25, 0.3) is 0 Å². The molecule has 0 radical (unpaired) electrons. The van der Waals surface area contributed by atoms with Gasteiger partial charge < -0.3 is 15.1 Å². The lowest BCUT2D eigenvalue weighted by Gasteiger charge is -2.32. The third kappa shape index (κ3) is 6.82. The molecule has 1 aromatic rings. The van der Waals surface area contributed by atoms with Crippen molar-refractivity contribution in [2.75, 3.05) is 33.2 Å². The second-order valence-electron chi connectivity index (χ2n) is 7.59. The summed E-state index contributed by atoms with van der Waals surface area (Å²) in [6, 6.07) is 7.68. The third-order valence-electron chi connectivity index (χ3n) is 5.08. The Labute approximate surface area is 169 Å². The summed E-state index contributed by atoms with van der Waals surface area (Å²) < 4.78 is 0. The van der Waals surface area contributed by atoms with E-state index >= 15 is 0 Å². The number of hydrogen-bond donors (Lipinski definition) is 1. The van der Waals surface area contributed by atoms with Gasteiger partial charge >= 0.3 is 0 Å². The molecule has 152 valence electrons. The average Bonchev–Trinajstić information content (AvgIpc) is 2.66. The standard InChI is InChI=1S/C21H33N3O2.ClH/c1-5-22-14-17-10-12-24(13-11-17)21(26)19-8-6-18(7-9-19)15-23(4)20(25)16(2)3;/h6-9,16-17,22H,5,10-15H2,1-4H3;1H. The maximum atomic E-state index is 12.7. The van der Waals surface area contributed by atoms with Crippen LogP contribution in [0.15, 0.2) is 24.3 Å². The van der Waals surface area contributed by atoms with E-state index in [-0.39, 0.29) is 30.1 Å². The molecular weight excluding hydrogens is 362 g/mol. The van der Waals surface area contributed by atoms with Crippen molar-refractivity contribution in [1.82, 2.24) is 15.1 Å². The van der Waals surface area contributed by atoms with E-state index in [0.717, 1.165) is 50.1 Å². The average molecular weight is 396 g/mol. The Kier molecular flexibility index (Phi) is 9.81. The lowest BCUT2D eigenvalue weighted by molar-refractivity contribution is -0.133. The number of nitrogens with one attached hydrogen (secondary N) is 1. The van der Waals surface area contributed by atoms with Gasteiger partial charge in [0.2, 0.25) is 5.91 Å². The monoisotopic (exact) mass is 395 g/mol. The maximum absolute atomic E-state index is 12.7. The summed E-state index contributed by atoms with van der Waals surface area (Å²) in [5, 5.41) is 3.40. The van der Waals surface area contributed by atoms with Gasteiger partial charge in [0.1, 0.15) is 0 Å². The van der Waals surface area contributed by atoms with E-state index in [1.165, 1.54) is 0 Å². The highest BCUT2D eigenvalue weighted by Gasteiger charge is 2.23. The van der Waals surface area contributed by atoms with Crippen LogP contribution in [-0.2, 0) is 11.3 Å². The fourth-order valence-electron chi connectivity index (χ4n) is 3.42. The number of hydrogen-bond acceptors (Lipinski definition) is 3. The Balaban J connectivity index is 0.00000364. The summed E-state index contributed by atoms with van der Waals surface area (Å²) in [4.78, 5) is 28.4. The molecule has 1 aromatic carbocycles. The van der Waals surface area contributed by atoms with Gasteiger partial charge in [-0.15, -0.1) is 12.4 Å². The highest BCUT2D eigenvalue weighted by Crippen LogP contribution is 2.19. The van der Waals surface area contributed by atoms with E-state index in [0.29, 0.717) is 12.5 Å². The van der Waals surface area contributed by atoms with E-state index in [4.69, 9.17) is 0 Å². The minimum absolute atomic E-state index is 0. The normalized spacial score (nSPS) is 14.8. The van der Waals surface area contributed by atoms with Crippen LogP contribution >= 0.6 is 12.4 Å². The van der Waals surface area contributed by atoms with Crippen molar-refractivity contribution >= 4 is 24.2 Å². The fraction of sp³-hybridized carbons (Fsp3) is 0.619. The van der Waals surface area contributed by atoms with Crippen molar-refractivity contribution in [2.24, 2.45) is 11.8 Å². The van der Waals surface area contributed by atoms with Gasteiger partial charge in [-0.25, -0.2) is 0 Å². The number of nitrogens with zero attached hydrogens (tertiary/aromatic N) is 2. The van der Waals surface area contributed by atoms with E-state index in [1.807, 2.05) is 50.1 Å². The van der Waals surface area contributed by atoms with Crippen LogP contribution in [-0.4, -0.2) is 54.8 Å². The molecule has 0 aromatic heterocycles. The van der Waals surface area contributed by atoms with Gasteiger partial charge in [-0.05, 0) is 49.5 Å². The molecular formula is C21H34ClN3O2. The molecule has 1 aliphatic rings. The zero-order valence-corrected chi connectivity index (χ0v) is 17.8. The third-order valence-corrected chi connectivity index (χ3v) is 5.08. The number of amides is 2. The van der Waals surface area contributed by atoms with Crippen LogP contribution in [0.4, 0.5) is 0 Å². The summed E-state index contributed by atoms with van der Waals surface area (Å²) >= 11 is 0. The molecule has 0 spiro atoms. The first-order valence-corrected chi connectivity index (χ1v) is 9.76. The Morgan fingerprint density at radius 2 is 1.78 bits per heavy atom. The number of rotatable bonds is 7. The molecule has 1 saturated heterocycles. The summed E-state index contributed by atoms with van der Waals surface area (Å²) in [7, 11) is 1.82. The highest BCUT2D eigenvalue weighted by molar-refractivity contribution is 5.94. The molecule has 0 atom stereocenters. The molecule has 0 unspecified atom stereocenters. The van der Waals surface area contributed by atoms with Crippen LogP contribution < -0.4 is 5.32 Å². The Morgan fingerprint density at radius 3 is 2.30 bits per heavy atom.